The summed E-state index contributed by atoms with van der Waals surface area (Å²) in [6.07, 6.45) is 0.954. The van der Waals surface area contributed by atoms with Crippen LogP contribution in [0, 0.1) is 6.07 Å². The van der Waals surface area contributed by atoms with E-state index in [-0.39, 0.29) is 0 Å². The summed E-state index contributed by atoms with van der Waals surface area (Å²) in [7, 11) is 0. The van der Waals surface area contributed by atoms with Gasteiger partial charge in [0.05, 0.1) is 0 Å². The first-order valence-electron chi connectivity index (χ1n) is 3.69. The summed E-state index contributed by atoms with van der Waals surface area (Å²) in [6.45, 7) is 2.03. The molecule has 1 nitrogen and oxygen atoms in total. The first-order valence-corrected chi connectivity index (χ1v) is 5.01. The maximum atomic E-state index is 11.3. The van der Waals surface area contributed by atoms with Crippen LogP contribution in [-0.4, -0.2) is 10.3 Å². The molecule has 1 rings (SSSR count). The van der Waals surface area contributed by atoms with Crippen LogP contribution in [0.5, 0.6) is 0 Å². The molecule has 0 N–H and O–H groups in total. The van der Waals surface area contributed by atoms with E-state index < -0.39 is 11.2 Å². The van der Waals surface area contributed by atoms with Crippen molar-refractivity contribution >= 4 is 11.2 Å². The maximum Gasteiger partial charge on any atom is 0.160 e. The van der Waals surface area contributed by atoms with Crippen molar-refractivity contribution in [1.29, 1.82) is 0 Å². The minimum atomic E-state index is -0.839. The van der Waals surface area contributed by atoms with Gasteiger partial charge < -0.3 is 4.55 Å². The third-order valence-corrected chi connectivity index (χ3v) is 2.84. The summed E-state index contributed by atoms with van der Waals surface area (Å²) < 4.78 is 11.3. The van der Waals surface area contributed by atoms with Crippen molar-refractivity contribution < 1.29 is 4.55 Å². The molecule has 1 aromatic carbocycles. The lowest BCUT2D eigenvalue weighted by atomic mass is 10.4. The van der Waals surface area contributed by atoms with Crippen LogP contribution in [0.4, 0.5) is 0 Å². The molecule has 0 fully saturated rings. The van der Waals surface area contributed by atoms with Gasteiger partial charge in [-0.2, -0.15) is 0 Å². The van der Waals surface area contributed by atoms with E-state index in [1.807, 2.05) is 25.1 Å². The van der Waals surface area contributed by atoms with Gasteiger partial charge in [-0.15, -0.1) is 0 Å². The van der Waals surface area contributed by atoms with Gasteiger partial charge in [0.2, 0.25) is 0 Å². The van der Waals surface area contributed by atoms with Gasteiger partial charge in [-0.05, 0) is 29.7 Å². The van der Waals surface area contributed by atoms with E-state index in [0.717, 1.165) is 17.1 Å². The van der Waals surface area contributed by atoms with Gasteiger partial charge in [-0.25, -0.2) is 0 Å². The van der Waals surface area contributed by atoms with Gasteiger partial charge in [0.1, 0.15) is 5.75 Å². The second-order valence-corrected chi connectivity index (χ2v) is 3.82. The fourth-order valence-electron chi connectivity index (χ4n) is 0.814. The van der Waals surface area contributed by atoms with Crippen LogP contribution in [0.1, 0.15) is 13.3 Å². The van der Waals surface area contributed by atoms with E-state index in [1.54, 1.807) is 6.07 Å². The monoisotopic (exact) mass is 167 g/mol. The van der Waals surface area contributed by atoms with Crippen molar-refractivity contribution in [1.82, 2.24) is 0 Å². The molecule has 11 heavy (non-hydrogen) atoms. The van der Waals surface area contributed by atoms with Crippen LogP contribution in [-0.2, 0) is 11.2 Å². The van der Waals surface area contributed by atoms with Gasteiger partial charge >= 0.3 is 0 Å². The fourth-order valence-corrected chi connectivity index (χ4v) is 1.83. The molecule has 0 saturated carbocycles. The molecule has 0 heterocycles. The van der Waals surface area contributed by atoms with Gasteiger partial charge in [0, 0.05) is 6.07 Å². The first kappa shape index (κ1) is 8.62. The summed E-state index contributed by atoms with van der Waals surface area (Å²) in [4.78, 5) is 0.814. The molecule has 1 atom stereocenters. The molecule has 59 valence electrons. The highest BCUT2D eigenvalue weighted by atomic mass is 32.2. The average Bonchev–Trinajstić information content (AvgIpc) is 2.07. The highest BCUT2D eigenvalue weighted by molar-refractivity contribution is 7.91. The molecule has 0 aliphatic carbocycles. The fraction of sp³-hybridized carbons (Fsp3) is 0.333. The topological polar surface area (TPSA) is 23.1 Å². The summed E-state index contributed by atoms with van der Waals surface area (Å²) >= 11 is -0.839. The van der Waals surface area contributed by atoms with Crippen molar-refractivity contribution in [3.63, 3.8) is 0 Å². The Hall–Kier alpha value is -0.470. The minimum absolute atomic E-state index is 0.737. The molecule has 0 saturated heterocycles. The van der Waals surface area contributed by atoms with E-state index in [2.05, 4.69) is 6.07 Å². The van der Waals surface area contributed by atoms with Crippen LogP contribution in [0.2, 0.25) is 0 Å². The van der Waals surface area contributed by atoms with Gasteiger partial charge in [0.25, 0.3) is 0 Å². The zero-order chi connectivity index (χ0) is 8.10. The minimum Gasteiger partial charge on any atom is -0.611 e. The van der Waals surface area contributed by atoms with Crippen LogP contribution >= 0.6 is 0 Å². The molecule has 0 amide bonds. The Balaban J connectivity index is 2.61. The molecule has 0 aliphatic rings. The molecule has 0 aromatic heterocycles. The van der Waals surface area contributed by atoms with Crippen LogP contribution in [0.3, 0.4) is 0 Å². The lowest BCUT2D eigenvalue weighted by Crippen LogP contribution is -2.05. The Morgan fingerprint density at radius 2 is 2.36 bits per heavy atom. The Labute approximate surface area is 70.6 Å². The van der Waals surface area contributed by atoms with Crippen molar-refractivity contribution in [3.05, 3.63) is 30.3 Å². The number of hydrogen-bond acceptors (Lipinski definition) is 1. The lowest BCUT2D eigenvalue weighted by Gasteiger charge is -2.07. The number of rotatable bonds is 3. The maximum absolute atomic E-state index is 11.3. The molecule has 2 heteroatoms. The average molecular weight is 167 g/mol. The molecule has 0 aliphatic heterocycles. The zero-order valence-electron chi connectivity index (χ0n) is 6.54. The quantitative estimate of drug-likeness (QED) is 0.631. The van der Waals surface area contributed by atoms with Crippen LogP contribution in [0.15, 0.2) is 29.2 Å². The van der Waals surface area contributed by atoms with E-state index >= 15 is 0 Å². The van der Waals surface area contributed by atoms with Crippen molar-refractivity contribution in [2.45, 2.75) is 18.2 Å². The summed E-state index contributed by atoms with van der Waals surface area (Å²) in [5.74, 6) is 0.737. The van der Waals surface area contributed by atoms with Crippen molar-refractivity contribution in [3.8, 4) is 0 Å². The summed E-state index contributed by atoms with van der Waals surface area (Å²) in [6, 6.07) is 10.4. The highest BCUT2D eigenvalue weighted by Gasteiger charge is 2.06. The SMILES string of the molecule is CCC[S+]([O-])c1[c]cccc1. The summed E-state index contributed by atoms with van der Waals surface area (Å²) in [5.41, 5.74) is 0. The third kappa shape index (κ3) is 2.56. The van der Waals surface area contributed by atoms with E-state index in [0.29, 0.717) is 0 Å². The van der Waals surface area contributed by atoms with Crippen molar-refractivity contribution in [2.75, 3.05) is 5.75 Å². The van der Waals surface area contributed by atoms with Crippen molar-refractivity contribution in [2.24, 2.45) is 0 Å². The molecule has 1 aromatic rings. The standard InChI is InChI=1S/C9H11OS/c1-2-8-11(10)9-6-4-3-5-7-9/h3-6H,2,8H2,1H3. The zero-order valence-corrected chi connectivity index (χ0v) is 7.36. The smallest absolute Gasteiger partial charge is 0.160 e. The predicted octanol–water partition coefficient (Wildman–Crippen LogP) is 2.00. The van der Waals surface area contributed by atoms with E-state index in [4.69, 9.17) is 0 Å². The molecule has 1 unspecified atom stereocenters. The molecular formula is C9H11OS. The Kier molecular flexibility index (Phi) is 3.46. The van der Waals surface area contributed by atoms with Gasteiger partial charge in [-0.1, -0.05) is 19.1 Å². The van der Waals surface area contributed by atoms with Crippen LogP contribution < -0.4 is 0 Å². The molecule has 0 bridgehead atoms. The second-order valence-electron chi connectivity index (χ2n) is 2.28. The summed E-state index contributed by atoms with van der Waals surface area (Å²) in [5, 5.41) is 0. The number of benzene rings is 1. The first-order chi connectivity index (χ1) is 5.34. The molecular weight excluding hydrogens is 156 g/mol. The largest absolute Gasteiger partial charge is 0.611 e. The van der Waals surface area contributed by atoms with E-state index in [9.17, 15) is 4.55 Å². The van der Waals surface area contributed by atoms with Gasteiger partial charge in [0.15, 0.2) is 4.90 Å². The number of hydrogen-bond donors (Lipinski definition) is 0. The Morgan fingerprint density at radius 1 is 1.55 bits per heavy atom. The lowest BCUT2D eigenvalue weighted by molar-refractivity contribution is 0.593. The second kappa shape index (κ2) is 4.42. The third-order valence-electron chi connectivity index (χ3n) is 1.32. The van der Waals surface area contributed by atoms with E-state index in [1.165, 1.54) is 0 Å². The Bertz CT molecular complexity index is 198. The highest BCUT2D eigenvalue weighted by Crippen LogP contribution is 2.09. The molecule has 0 spiro atoms. The Morgan fingerprint density at radius 3 is 2.91 bits per heavy atom. The normalized spacial score (nSPS) is 12.9. The van der Waals surface area contributed by atoms with Gasteiger partial charge in [-0.3, -0.25) is 0 Å². The molecule has 1 radical (unpaired) electrons. The van der Waals surface area contributed by atoms with Crippen LogP contribution in [0.25, 0.3) is 0 Å². The predicted molar refractivity (Wildman–Crippen MR) is 46.8 cm³/mol.